The Morgan fingerprint density at radius 3 is 2.45 bits per heavy atom. The van der Waals surface area contributed by atoms with Crippen molar-refractivity contribution in [3.63, 3.8) is 0 Å². The lowest BCUT2D eigenvalue weighted by molar-refractivity contribution is -0.122. The van der Waals surface area contributed by atoms with Crippen LogP contribution in [0.25, 0.3) is 22.5 Å². The molecule has 0 radical (unpaired) electrons. The molecule has 0 saturated carbocycles. The van der Waals surface area contributed by atoms with Gasteiger partial charge in [-0.05, 0) is 78.8 Å². The van der Waals surface area contributed by atoms with E-state index in [9.17, 15) is 9.59 Å². The van der Waals surface area contributed by atoms with Crippen LogP contribution in [0.5, 0.6) is 0 Å². The number of hydrogen-bond donors (Lipinski definition) is 1. The van der Waals surface area contributed by atoms with Gasteiger partial charge >= 0.3 is 0 Å². The summed E-state index contributed by atoms with van der Waals surface area (Å²) in [5, 5.41) is 5.01. The zero-order valence-corrected chi connectivity index (χ0v) is 19.0. The van der Waals surface area contributed by atoms with Crippen LogP contribution in [0.1, 0.15) is 16.8 Å². The molecule has 0 atom stereocenters. The predicted octanol–water partition coefficient (Wildman–Crippen LogP) is 5.08. The highest BCUT2D eigenvalue weighted by atomic mass is 32.1. The van der Waals surface area contributed by atoms with Crippen LogP contribution in [0.2, 0.25) is 0 Å². The molecule has 1 saturated heterocycles. The summed E-state index contributed by atoms with van der Waals surface area (Å²) >= 11 is 5.34. The van der Waals surface area contributed by atoms with Gasteiger partial charge in [-0.25, -0.2) is 0 Å². The molecule has 2 amide bonds. The number of hydrogen-bond acceptors (Lipinski definition) is 3. The van der Waals surface area contributed by atoms with E-state index >= 15 is 0 Å². The molecule has 1 N–H and O–H groups in total. The molecule has 1 aromatic heterocycles. The van der Waals surface area contributed by atoms with Crippen LogP contribution in [0.4, 0.5) is 5.69 Å². The fourth-order valence-corrected chi connectivity index (χ4v) is 4.43. The number of benzene rings is 3. The maximum atomic E-state index is 13.4. The van der Waals surface area contributed by atoms with Crippen LogP contribution in [0.3, 0.4) is 0 Å². The van der Waals surface area contributed by atoms with Crippen molar-refractivity contribution in [2.45, 2.75) is 13.8 Å². The Bertz CT molecular complexity index is 1480. The molecule has 1 aliphatic rings. The molecule has 3 aromatic carbocycles. The number of fused-ring (bicyclic) bond motifs is 1. The van der Waals surface area contributed by atoms with Gasteiger partial charge in [0.05, 0.1) is 5.69 Å². The molecule has 162 valence electrons. The average Bonchev–Trinajstić information content (AvgIpc) is 3.26. The predicted molar refractivity (Wildman–Crippen MR) is 135 cm³/mol. The van der Waals surface area contributed by atoms with E-state index in [0.29, 0.717) is 5.69 Å². The van der Waals surface area contributed by atoms with E-state index in [1.807, 2.05) is 73.1 Å². The van der Waals surface area contributed by atoms with Gasteiger partial charge in [-0.3, -0.25) is 19.8 Å². The summed E-state index contributed by atoms with van der Waals surface area (Å²) in [6, 6.07) is 23.8. The molecule has 0 unspecified atom stereocenters. The van der Waals surface area contributed by atoms with Gasteiger partial charge in [0.25, 0.3) is 11.8 Å². The molecule has 0 bridgehead atoms. The summed E-state index contributed by atoms with van der Waals surface area (Å²) < 4.78 is 1.95. The lowest BCUT2D eigenvalue weighted by Crippen LogP contribution is -2.54. The number of nitrogens with one attached hydrogen (secondary N) is 1. The zero-order chi connectivity index (χ0) is 23.1. The Morgan fingerprint density at radius 1 is 0.879 bits per heavy atom. The third kappa shape index (κ3) is 3.75. The summed E-state index contributed by atoms with van der Waals surface area (Å²) in [5.41, 5.74) is 4.34. The van der Waals surface area contributed by atoms with Crippen LogP contribution < -0.4 is 10.2 Å². The van der Waals surface area contributed by atoms with Gasteiger partial charge in [0.15, 0.2) is 5.11 Å². The average molecular weight is 452 g/mol. The first kappa shape index (κ1) is 20.8. The van der Waals surface area contributed by atoms with E-state index in [-0.39, 0.29) is 10.7 Å². The molecule has 5 nitrogen and oxygen atoms in total. The van der Waals surface area contributed by atoms with E-state index in [4.69, 9.17) is 12.2 Å². The van der Waals surface area contributed by atoms with Crippen molar-refractivity contribution in [3.05, 3.63) is 101 Å². The van der Waals surface area contributed by atoms with Crippen LogP contribution in [-0.2, 0) is 9.59 Å². The van der Waals surface area contributed by atoms with E-state index in [0.717, 1.165) is 33.3 Å². The minimum atomic E-state index is -0.503. The smallest absolute Gasteiger partial charge is 0.270 e. The number of carbonyl (C=O) groups excluding carboxylic acids is 2. The van der Waals surface area contributed by atoms with Gasteiger partial charge in [-0.15, -0.1) is 0 Å². The Hall–Kier alpha value is -4.03. The van der Waals surface area contributed by atoms with Gasteiger partial charge in [-0.2, -0.15) is 0 Å². The number of aryl methyl sites for hydroxylation is 2. The van der Waals surface area contributed by atoms with Gasteiger partial charge in [0.2, 0.25) is 0 Å². The number of carbonyl (C=O) groups is 2. The van der Waals surface area contributed by atoms with Crippen molar-refractivity contribution < 1.29 is 9.59 Å². The quantitative estimate of drug-likeness (QED) is 0.269. The first-order valence-electron chi connectivity index (χ1n) is 10.6. The third-order valence-corrected chi connectivity index (χ3v) is 6.06. The number of aromatic nitrogens is 1. The summed E-state index contributed by atoms with van der Waals surface area (Å²) in [5.74, 6) is -0.945. The molecular formula is C27H21N3O2S. The SMILES string of the molecule is Cc1ccc(N2C(=O)/C(=C/c3cccn3-c3ccc4ccccc4c3)C(=O)NC2=S)c(C)c1. The van der Waals surface area contributed by atoms with E-state index in [2.05, 4.69) is 29.6 Å². The van der Waals surface area contributed by atoms with E-state index in [1.165, 1.54) is 4.90 Å². The van der Waals surface area contributed by atoms with Gasteiger partial charge in [-0.1, -0.05) is 48.0 Å². The summed E-state index contributed by atoms with van der Waals surface area (Å²) in [6.45, 7) is 3.91. The second kappa shape index (κ2) is 8.15. The van der Waals surface area contributed by atoms with Crippen LogP contribution in [-0.4, -0.2) is 21.5 Å². The van der Waals surface area contributed by atoms with E-state index in [1.54, 1.807) is 6.08 Å². The molecule has 1 fully saturated rings. The van der Waals surface area contributed by atoms with Crippen molar-refractivity contribution in [1.82, 2.24) is 9.88 Å². The maximum Gasteiger partial charge on any atom is 0.270 e. The zero-order valence-electron chi connectivity index (χ0n) is 18.2. The van der Waals surface area contributed by atoms with Gasteiger partial charge in [0, 0.05) is 17.6 Å². The van der Waals surface area contributed by atoms with Crippen molar-refractivity contribution in [2.75, 3.05) is 4.90 Å². The molecule has 0 spiro atoms. The van der Waals surface area contributed by atoms with Gasteiger partial charge in [0.1, 0.15) is 5.57 Å². The minimum absolute atomic E-state index is 0.0318. The van der Waals surface area contributed by atoms with Crippen molar-refractivity contribution >= 4 is 51.7 Å². The summed E-state index contributed by atoms with van der Waals surface area (Å²) in [6.07, 6.45) is 3.53. The Morgan fingerprint density at radius 2 is 1.67 bits per heavy atom. The number of rotatable bonds is 3. The molecule has 1 aliphatic heterocycles. The lowest BCUT2D eigenvalue weighted by atomic mass is 10.1. The second-order valence-corrected chi connectivity index (χ2v) is 8.47. The van der Waals surface area contributed by atoms with Crippen molar-refractivity contribution in [2.24, 2.45) is 0 Å². The monoisotopic (exact) mass is 451 g/mol. The standard InChI is InChI=1S/C27H21N3O2S/c1-17-9-12-24(18(2)14-17)30-26(32)23(25(31)28-27(30)33)16-21-8-5-13-29(21)22-11-10-19-6-3-4-7-20(19)15-22/h3-16H,1-2H3,(H,28,31,33)/b23-16+. The number of thiocarbonyl (C=S) groups is 1. The van der Waals surface area contributed by atoms with E-state index < -0.39 is 11.8 Å². The highest BCUT2D eigenvalue weighted by Gasteiger charge is 2.35. The summed E-state index contributed by atoms with van der Waals surface area (Å²) in [4.78, 5) is 27.6. The fraction of sp³-hybridized carbons (Fsp3) is 0.0741. The number of nitrogens with zero attached hydrogens (tertiary/aromatic N) is 2. The topological polar surface area (TPSA) is 54.3 Å². The number of anilines is 1. The Balaban J connectivity index is 1.56. The van der Waals surface area contributed by atoms with Crippen LogP contribution >= 0.6 is 12.2 Å². The Labute approximate surface area is 196 Å². The largest absolute Gasteiger partial charge is 0.317 e. The molecular weight excluding hydrogens is 430 g/mol. The summed E-state index contributed by atoms with van der Waals surface area (Å²) in [7, 11) is 0. The maximum absolute atomic E-state index is 13.4. The molecule has 5 rings (SSSR count). The first-order chi connectivity index (χ1) is 15.9. The number of amides is 2. The third-order valence-electron chi connectivity index (χ3n) is 5.78. The normalized spacial score (nSPS) is 15.4. The molecule has 0 aliphatic carbocycles. The Kier molecular flexibility index (Phi) is 5.15. The van der Waals surface area contributed by atoms with Crippen molar-refractivity contribution in [1.29, 1.82) is 0 Å². The molecule has 4 aromatic rings. The highest BCUT2D eigenvalue weighted by Crippen LogP contribution is 2.27. The van der Waals surface area contributed by atoms with Gasteiger partial charge < -0.3 is 4.57 Å². The highest BCUT2D eigenvalue weighted by molar-refractivity contribution is 7.80. The van der Waals surface area contributed by atoms with Crippen LogP contribution in [0.15, 0.2) is 84.6 Å². The first-order valence-corrected chi connectivity index (χ1v) is 11.0. The molecule has 33 heavy (non-hydrogen) atoms. The molecule has 6 heteroatoms. The van der Waals surface area contributed by atoms with Crippen LogP contribution in [0, 0.1) is 13.8 Å². The molecule has 2 heterocycles. The lowest BCUT2D eigenvalue weighted by Gasteiger charge is -2.30. The second-order valence-electron chi connectivity index (χ2n) is 8.08. The minimum Gasteiger partial charge on any atom is -0.317 e. The van der Waals surface area contributed by atoms with Crippen molar-refractivity contribution in [3.8, 4) is 5.69 Å². The fourth-order valence-electron chi connectivity index (χ4n) is 4.15.